The molecule has 1 heterocycles. The number of quaternary nitrogens is 1. The third kappa shape index (κ3) is 3.53. The number of halogens is 1. The number of aryl methyl sites for hydroxylation is 1. The quantitative estimate of drug-likeness (QED) is 0.604. The first-order valence-electron chi connectivity index (χ1n) is 6.33. The van der Waals surface area contributed by atoms with E-state index < -0.39 is 0 Å². The molecule has 0 bridgehead atoms. The average Bonchev–Trinajstić information content (AvgIpc) is 2.27. The number of aromatic nitrogens is 1. The second-order valence-electron chi connectivity index (χ2n) is 5.80. The Balaban J connectivity index is 2.15. The van der Waals surface area contributed by atoms with Gasteiger partial charge < -0.3 is 4.48 Å². The minimum atomic E-state index is 1.02. The third-order valence-electron chi connectivity index (χ3n) is 3.05. The first-order valence-corrected chi connectivity index (χ1v) is 7.13. The zero-order valence-corrected chi connectivity index (χ0v) is 12.9. The molecule has 96 valence electrons. The molecule has 0 amide bonds. The van der Waals surface area contributed by atoms with Gasteiger partial charge in [-0.3, -0.25) is 0 Å². The molecule has 3 heteroatoms. The Morgan fingerprint density at radius 3 is 2.56 bits per heavy atom. The van der Waals surface area contributed by atoms with Crippen molar-refractivity contribution in [1.29, 1.82) is 0 Å². The van der Waals surface area contributed by atoms with Gasteiger partial charge in [-0.15, -0.1) is 0 Å². The topological polar surface area (TPSA) is 3.88 Å². The summed E-state index contributed by atoms with van der Waals surface area (Å²) in [6, 6.07) is 8.48. The molecule has 0 fully saturated rings. The fraction of sp³-hybridized carbons (Fsp3) is 0.400. The van der Waals surface area contributed by atoms with Gasteiger partial charge in [-0.2, -0.15) is 0 Å². The molecule has 2 rings (SSSR count). The van der Waals surface area contributed by atoms with Gasteiger partial charge in [-0.25, -0.2) is 4.57 Å². The zero-order valence-electron chi connectivity index (χ0n) is 11.4. The largest absolute Gasteiger partial charge is 0.331 e. The van der Waals surface area contributed by atoms with E-state index in [1.807, 2.05) is 0 Å². The van der Waals surface area contributed by atoms with Crippen LogP contribution in [-0.4, -0.2) is 32.2 Å². The van der Waals surface area contributed by atoms with Crippen molar-refractivity contribution in [3.05, 3.63) is 41.1 Å². The van der Waals surface area contributed by atoms with E-state index in [0.717, 1.165) is 11.0 Å². The Bertz CT molecular complexity index is 544. The summed E-state index contributed by atoms with van der Waals surface area (Å²) in [5.41, 5.74) is 0. The van der Waals surface area contributed by atoms with E-state index in [0.29, 0.717) is 0 Å². The lowest BCUT2D eigenvalue weighted by atomic mass is 10.2. The van der Waals surface area contributed by atoms with E-state index >= 15 is 0 Å². The molecule has 1 aromatic heterocycles. The van der Waals surface area contributed by atoms with Gasteiger partial charge in [0.05, 0.1) is 38.6 Å². The van der Waals surface area contributed by atoms with E-state index in [1.165, 1.54) is 28.2 Å². The van der Waals surface area contributed by atoms with Crippen LogP contribution < -0.4 is 4.57 Å². The normalized spacial score (nSPS) is 12.0. The highest BCUT2D eigenvalue weighted by Gasteiger charge is 2.11. The lowest BCUT2D eigenvalue weighted by Crippen LogP contribution is -2.39. The summed E-state index contributed by atoms with van der Waals surface area (Å²) in [5.74, 6) is 0. The summed E-state index contributed by atoms with van der Waals surface area (Å²) < 4.78 is 4.48. The highest BCUT2D eigenvalue weighted by atomic mass is 79.9. The summed E-state index contributed by atoms with van der Waals surface area (Å²) in [5, 5.41) is 2.57. The van der Waals surface area contributed by atoms with Crippen molar-refractivity contribution in [2.75, 3.05) is 27.7 Å². The first-order chi connectivity index (χ1) is 8.46. The number of nitrogens with zero attached hydrogens (tertiary/aromatic N) is 2. The Hall–Kier alpha value is -0.930. The van der Waals surface area contributed by atoms with Crippen molar-refractivity contribution < 1.29 is 9.05 Å². The molecular weight excluding hydrogens is 288 g/mol. The molecule has 0 atom stereocenters. The van der Waals surface area contributed by atoms with Crippen molar-refractivity contribution in [1.82, 2.24) is 0 Å². The molecule has 0 aliphatic carbocycles. The van der Waals surface area contributed by atoms with Crippen LogP contribution in [0.1, 0.15) is 6.42 Å². The van der Waals surface area contributed by atoms with E-state index in [2.05, 4.69) is 78.3 Å². The molecule has 2 aromatic rings. The maximum atomic E-state index is 3.65. The fourth-order valence-corrected chi connectivity index (χ4v) is 2.74. The van der Waals surface area contributed by atoms with Gasteiger partial charge in [0.1, 0.15) is 0 Å². The molecule has 0 saturated heterocycles. The second-order valence-corrected chi connectivity index (χ2v) is 6.65. The first kappa shape index (κ1) is 13.5. The van der Waals surface area contributed by atoms with Crippen LogP contribution in [-0.2, 0) is 6.54 Å². The summed E-state index contributed by atoms with van der Waals surface area (Å²) in [6.45, 7) is 2.26. The summed E-state index contributed by atoms with van der Waals surface area (Å²) >= 11 is 3.65. The van der Waals surface area contributed by atoms with Crippen molar-refractivity contribution in [3.8, 4) is 0 Å². The Morgan fingerprint density at radius 2 is 1.83 bits per heavy atom. The van der Waals surface area contributed by atoms with E-state index in [1.54, 1.807) is 0 Å². The third-order valence-corrected chi connectivity index (χ3v) is 3.68. The zero-order chi connectivity index (χ0) is 13.2. The van der Waals surface area contributed by atoms with Crippen molar-refractivity contribution in [2.45, 2.75) is 13.0 Å². The monoisotopic (exact) mass is 308 g/mol. The van der Waals surface area contributed by atoms with Gasteiger partial charge in [0.15, 0.2) is 18.9 Å². The smallest absolute Gasteiger partial charge is 0.183 e. The van der Waals surface area contributed by atoms with E-state index in [-0.39, 0.29) is 0 Å². The Kier molecular flexibility index (Phi) is 4.03. The second kappa shape index (κ2) is 5.37. The van der Waals surface area contributed by atoms with Crippen LogP contribution in [0.15, 0.2) is 41.1 Å². The molecule has 0 saturated carbocycles. The number of hydrogen-bond acceptors (Lipinski definition) is 0. The van der Waals surface area contributed by atoms with Gasteiger partial charge in [0, 0.05) is 10.8 Å². The minimum Gasteiger partial charge on any atom is -0.331 e. The highest BCUT2D eigenvalue weighted by molar-refractivity contribution is 9.10. The van der Waals surface area contributed by atoms with E-state index in [4.69, 9.17) is 0 Å². The summed E-state index contributed by atoms with van der Waals surface area (Å²) in [6.07, 6.45) is 5.60. The standard InChI is InChI=1S/C15H21BrN2/c1-18(2,3)10-6-9-17-11-13-7-4-5-8-14(13)15(16)12-17/h4-5,7-8,11-12H,6,9-10H2,1-3H3/q+2. The van der Waals surface area contributed by atoms with Crippen LogP contribution in [0.25, 0.3) is 10.8 Å². The fourth-order valence-electron chi connectivity index (χ4n) is 2.11. The maximum absolute atomic E-state index is 3.65. The summed E-state index contributed by atoms with van der Waals surface area (Å²) in [7, 11) is 6.71. The predicted molar refractivity (Wildman–Crippen MR) is 79.4 cm³/mol. The van der Waals surface area contributed by atoms with Gasteiger partial charge in [-0.05, 0) is 22.0 Å². The van der Waals surface area contributed by atoms with Crippen LogP contribution in [0.2, 0.25) is 0 Å². The molecule has 1 aromatic carbocycles. The van der Waals surface area contributed by atoms with Gasteiger partial charge >= 0.3 is 0 Å². The molecule has 2 nitrogen and oxygen atoms in total. The van der Waals surface area contributed by atoms with Crippen LogP contribution in [0.4, 0.5) is 0 Å². The minimum absolute atomic E-state index is 1.02. The van der Waals surface area contributed by atoms with Crippen molar-refractivity contribution in [2.24, 2.45) is 0 Å². The number of benzene rings is 1. The van der Waals surface area contributed by atoms with Crippen LogP contribution >= 0.6 is 15.9 Å². The number of fused-ring (bicyclic) bond motifs is 1. The van der Waals surface area contributed by atoms with Crippen LogP contribution in [0, 0.1) is 0 Å². The van der Waals surface area contributed by atoms with Crippen LogP contribution in [0.5, 0.6) is 0 Å². The lowest BCUT2D eigenvalue weighted by molar-refractivity contribution is -0.873. The molecular formula is C15H21BrN2+2. The lowest BCUT2D eigenvalue weighted by Gasteiger charge is -2.22. The Morgan fingerprint density at radius 1 is 1.11 bits per heavy atom. The van der Waals surface area contributed by atoms with Crippen LogP contribution in [0.3, 0.4) is 0 Å². The molecule has 0 radical (unpaired) electrons. The van der Waals surface area contributed by atoms with E-state index in [9.17, 15) is 0 Å². The molecule has 0 aliphatic heterocycles. The predicted octanol–water partition coefficient (Wildman–Crippen LogP) is 2.99. The highest BCUT2D eigenvalue weighted by Crippen LogP contribution is 2.20. The number of pyridine rings is 1. The molecule has 18 heavy (non-hydrogen) atoms. The molecule has 0 aliphatic rings. The maximum Gasteiger partial charge on any atom is 0.183 e. The van der Waals surface area contributed by atoms with Gasteiger partial charge in [0.25, 0.3) is 0 Å². The van der Waals surface area contributed by atoms with Gasteiger partial charge in [0.2, 0.25) is 0 Å². The SMILES string of the molecule is C[N+](C)(C)CCC[n+]1cc(Br)c2ccccc2c1. The number of rotatable bonds is 4. The average molecular weight is 309 g/mol. The molecule has 0 spiro atoms. The van der Waals surface area contributed by atoms with Gasteiger partial charge in [-0.1, -0.05) is 18.2 Å². The molecule has 0 unspecified atom stereocenters. The molecule has 0 N–H and O–H groups in total. The number of hydrogen-bond donors (Lipinski definition) is 0. The van der Waals surface area contributed by atoms with Crippen molar-refractivity contribution in [3.63, 3.8) is 0 Å². The Labute approximate surface area is 118 Å². The van der Waals surface area contributed by atoms with Crippen molar-refractivity contribution >= 4 is 26.7 Å². The summed E-state index contributed by atoms with van der Waals surface area (Å²) in [4.78, 5) is 0.